The number of allylic oxidation sites excluding steroid dienone is 2. The second kappa shape index (κ2) is 8.39. The number of benzene rings is 2. The second-order valence-electron chi connectivity index (χ2n) is 6.56. The predicted molar refractivity (Wildman–Crippen MR) is 103 cm³/mol. The molecule has 3 rings (SSSR count). The maximum Gasteiger partial charge on any atom is 1.00 e. The molecule has 0 N–H and O–H groups in total. The number of rotatable bonds is 3. The van der Waals surface area contributed by atoms with Crippen molar-refractivity contribution in [2.24, 2.45) is 0 Å². The fraction of sp³-hybridized carbons (Fsp3) is 0.150. The molecule has 0 radical (unpaired) electrons. The normalized spacial score (nSPS) is 14.7. The minimum absolute atomic E-state index is 0. The summed E-state index contributed by atoms with van der Waals surface area (Å²) in [5.74, 6) is 0. The molecule has 3 heteroatoms. The second-order valence-corrected chi connectivity index (χ2v) is 12.7. The van der Waals surface area contributed by atoms with Crippen molar-refractivity contribution in [2.75, 3.05) is 0 Å². The van der Waals surface area contributed by atoms with Crippen LogP contribution in [0.25, 0.3) is 9.81 Å². The van der Waals surface area contributed by atoms with Crippen LogP contribution in [-0.2, 0) is 0 Å². The summed E-state index contributed by atoms with van der Waals surface area (Å²) in [7, 11) is -1.36. The third kappa shape index (κ3) is 4.99. The standard InChI is InChI=1S/C20H21SSi.K/c1-22(2,3)18-14-19(16-10-6-4-7-11-16)21-20(15-18)17-12-8-5-9-13-17;/h4-15H,1-3H3;/q-1;+1. The first kappa shape index (κ1) is 19.3. The Morgan fingerprint density at radius 2 is 1.09 bits per heavy atom. The van der Waals surface area contributed by atoms with Gasteiger partial charge in [-0.3, -0.25) is 0 Å². The maximum absolute atomic E-state index is 2.41. The zero-order valence-electron chi connectivity index (χ0n) is 14.3. The molecule has 1 aliphatic rings. The molecule has 112 valence electrons. The molecular weight excluding hydrogens is 339 g/mol. The van der Waals surface area contributed by atoms with E-state index in [4.69, 9.17) is 0 Å². The van der Waals surface area contributed by atoms with Gasteiger partial charge in [-0.2, -0.15) is 17.7 Å². The summed E-state index contributed by atoms with van der Waals surface area (Å²) >= 11 is 1.88. The summed E-state index contributed by atoms with van der Waals surface area (Å²) in [4.78, 5) is 2.72. The molecule has 0 nitrogen and oxygen atoms in total. The molecule has 0 bridgehead atoms. The molecule has 0 aromatic heterocycles. The molecule has 0 fully saturated rings. The molecule has 0 unspecified atom stereocenters. The van der Waals surface area contributed by atoms with Gasteiger partial charge in [0.15, 0.2) is 0 Å². The van der Waals surface area contributed by atoms with Crippen molar-refractivity contribution in [3.8, 4) is 0 Å². The zero-order valence-corrected chi connectivity index (χ0v) is 19.3. The molecule has 0 saturated carbocycles. The minimum Gasteiger partial charge on any atom is -0.226 e. The molecule has 1 aliphatic heterocycles. The SMILES string of the molecule is C[Si](C)(C)[C-]1C=C(c2ccccc2)SC(c2ccccc2)=C1.[K+]. The molecule has 0 saturated heterocycles. The van der Waals surface area contributed by atoms with E-state index in [-0.39, 0.29) is 51.4 Å². The van der Waals surface area contributed by atoms with E-state index in [0.29, 0.717) is 0 Å². The Kier molecular flexibility index (Phi) is 7.05. The molecule has 0 atom stereocenters. The Balaban J connectivity index is 0.00000192. The van der Waals surface area contributed by atoms with Crippen LogP contribution >= 0.6 is 11.8 Å². The van der Waals surface area contributed by atoms with Crippen LogP contribution < -0.4 is 51.4 Å². The van der Waals surface area contributed by atoms with Crippen molar-refractivity contribution in [2.45, 2.75) is 19.6 Å². The van der Waals surface area contributed by atoms with E-state index in [9.17, 15) is 0 Å². The van der Waals surface area contributed by atoms with Gasteiger partial charge in [0.05, 0.1) is 0 Å². The molecular formula is C20H21KSSi. The first-order valence-electron chi connectivity index (χ1n) is 7.63. The molecule has 0 amide bonds. The molecule has 2 aromatic carbocycles. The van der Waals surface area contributed by atoms with Gasteiger partial charge in [0.1, 0.15) is 0 Å². The van der Waals surface area contributed by atoms with Crippen molar-refractivity contribution in [1.29, 1.82) is 0 Å². The Bertz CT molecular complexity index is 644. The summed E-state index contributed by atoms with van der Waals surface area (Å²) < 4.78 is 0. The predicted octanol–water partition coefficient (Wildman–Crippen LogP) is 3.27. The first-order valence-corrected chi connectivity index (χ1v) is 12.0. The van der Waals surface area contributed by atoms with Crippen molar-refractivity contribution in [1.82, 2.24) is 0 Å². The monoisotopic (exact) mass is 360 g/mol. The van der Waals surface area contributed by atoms with Gasteiger partial charge >= 0.3 is 51.4 Å². The Morgan fingerprint density at radius 1 is 0.696 bits per heavy atom. The molecule has 23 heavy (non-hydrogen) atoms. The van der Waals surface area contributed by atoms with Gasteiger partial charge in [-0.05, 0) is 0 Å². The fourth-order valence-electron chi connectivity index (χ4n) is 2.42. The van der Waals surface area contributed by atoms with Crippen molar-refractivity contribution < 1.29 is 51.4 Å². The van der Waals surface area contributed by atoms with E-state index in [2.05, 4.69) is 92.5 Å². The summed E-state index contributed by atoms with van der Waals surface area (Å²) in [6.07, 6.45) is 4.80. The van der Waals surface area contributed by atoms with Gasteiger partial charge in [-0.1, -0.05) is 101 Å². The minimum atomic E-state index is -1.36. The van der Waals surface area contributed by atoms with Crippen molar-refractivity contribution in [3.05, 3.63) is 89.5 Å². The van der Waals surface area contributed by atoms with Crippen LogP contribution in [0.4, 0.5) is 0 Å². The van der Waals surface area contributed by atoms with Gasteiger partial charge in [0.25, 0.3) is 0 Å². The first-order chi connectivity index (χ1) is 10.5. The van der Waals surface area contributed by atoms with E-state index < -0.39 is 8.07 Å². The van der Waals surface area contributed by atoms with Crippen molar-refractivity contribution >= 4 is 29.6 Å². The maximum atomic E-state index is 2.41. The van der Waals surface area contributed by atoms with E-state index in [1.807, 2.05) is 11.8 Å². The number of hydrogen-bond acceptors (Lipinski definition) is 1. The van der Waals surface area contributed by atoms with E-state index in [0.717, 1.165) is 0 Å². The molecule has 1 heterocycles. The van der Waals surface area contributed by atoms with E-state index >= 15 is 0 Å². The average molecular weight is 361 g/mol. The van der Waals surface area contributed by atoms with Crippen LogP contribution in [0, 0.1) is 5.54 Å². The number of thioether (sulfide) groups is 1. The fourth-order valence-corrected chi connectivity index (χ4v) is 4.90. The Hall–Kier alpha value is -0.00675. The van der Waals surface area contributed by atoms with Crippen LogP contribution in [0.2, 0.25) is 19.6 Å². The van der Waals surface area contributed by atoms with Crippen LogP contribution in [0.1, 0.15) is 11.1 Å². The average Bonchev–Trinajstić information content (AvgIpc) is 2.55. The third-order valence-corrected chi connectivity index (χ3v) is 6.94. The molecule has 2 aromatic rings. The quantitative estimate of drug-likeness (QED) is 0.598. The van der Waals surface area contributed by atoms with E-state index in [1.54, 1.807) is 0 Å². The van der Waals surface area contributed by atoms with Gasteiger partial charge < -0.3 is 0 Å². The third-order valence-electron chi connectivity index (χ3n) is 3.78. The summed E-state index contributed by atoms with van der Waals surface area (Å²) in [6, 6.07) is 21.4. The smallest absolute Gasteiger partial charge is 0.226 e. The zero-order chi connectivity index (χ0) is 15.6. The van der Waals surface area contributed by atoms with Crippen LogP contribution in [0.5, 0.6) is 0 Å². The van der Waals surface area contributed by atoms with Gasteiger partial charge in [-0.25, -0.2) is 11.8 Å². The van der Waals surface area contributed by atoms with Gasteiger partial charge in [0, 0.05) is 8.07 Å². The summed E-state index contributed by atoms with van der Waals surface area (Å²) in [6.45, 7) is 7.24. The Morgan fingerprint density at radius 3 is 1.43 bits per heavy atom. The van der Waals surface area contributed by atoms with Crippen LogP contribution in [0.3, 0.4) is 0 Å². The Labute approximate surface area is 187 Å². The largest absolute Gasteiger partial charge is 1.00 e. The topological polar surface area (TPSA) is 0 Å². The van der Waals surface area contributed by atoms with Crippen LogP contribution in [0.15, 0.2) is 72.8 Å². The van der Waals surface area contributed by atoms with Crippen LogP contribution in [-0.4, -0.2) is 8.07 Å². The number of hydrogen-bond donors (Lipinski definition) is 0. The van der Waals surface area contributed by atoms with Crippen molar-refractivity contribution in [3.63, 3.8) is 0 Å². The van der Waals surface area contributed by atoms with E-state index in [1.165, 1.54) is 26.5 Å². The van der Waals surface area contributed by atoms with Gasteiger partial charge in [-0.15, -0.1) is 0 Å². The molecule has 0 aliphatic carbocycles. The van der Waals surface area contributed by atoms with Gasteiger partial charge in [0.2, 0.25) is 0 Å². The summed E-state index contributed by atoms with van der Waals surface area (Å²) in [5.41, 5.74) is 4.14. The molecule has 0 spiro atoms. The summed E-state index contributed by atoms with van der Waals surface area (Å²) in [5, 5.41) is 0.